The molecule has 1 amide bonds. The maximum atomic E-state index is 13.0. The van der Waals surface area contributed by atoms with Crippen LogP contribution in [0, 0.1) is 5.82 Å². The van der Waals surface area contributed by atoms with Crippen LogP contribution < -0.4 is 5.32 Å². The normalized spacial score (nSPS) is 10.7. The molecule has 0 bridgehead atoms. The number of nitrogens with one attached hydrogen (secondary N) is 1. The Balaban J connectivity index is 2.01. The zero-order chi connectivity index (χ0) is 16.1. The second-order valence-electron chi connectivity index (χ2n) is 4.63. The van der Waals surface area contributed by atoms with Gasteiger partial charge in [0.1, 0.15) is 5.82 Å². The molecule has 0 saturated carbocycles. The van der Waals surface area contributed by atoms with E-state index in [0.717, 1.165) is 0 Å². The van der Waals surface area contributed by atoms with Crippen molar-refractivity contribution in [1.82, 2.24) is 0 Å². The molecule has 0 aliphatic rings. The predicted octanol–water partition coefficient (Wildman–Crippen LogP) is 4.33. The Morgan fingerprint density at radius 1 is 1.14 bits per heavy atom. The standard InChI is InChI=1S/C17H13ClFNO2/c1-11(21)13-4-6-14(7-5-13)20-17(22)9-3-12-2-8-16(19)15(18)10-12/h2-10H,1H3,(H,20,22)/b9-3+. The SMILES string of the molecule is CC(=O)c1ccc(NC(=O)/C=C/c2ccc(F)c(Cl)c2)cc1. The third-order valence-corrected chi connectivity index (χ3v) is 3.22. The van der Waals surface area contributed by atoms with Crippen LogP contribution in [0.15, 0.2) is 48.5 Å². The van der Waals surface area contributed by atoms with E-state index in [1.807, 2.05) is 0 Å². The molecule has 0 saturated heterocycles. The third-order valence-electron chi connectivity index (χ3n) is 2.93. The van der Waals surface area contributed by atoms with Gasteiger partial charge in [-0.15, -0.1) is 0 Å². The highest BCUT2D eigenvalue weighted by molar-refractivity contribution is 6.30. The van der Waals surface area contributed by atoms with Gasteiger partial charge in [-0.2, -0.15) is 0 Å². The van der Waals surface area contributed by atoms with E-state index in [-0.39, 0.29) is 16.7 Å². The van der Waals surface area contributed by atoms with E-state index >= 15 is 0 Å². The first-order valence-corrected chi connectivity index (χ1v) is 6.88. The molecule has 2 rings (SSSR count). The Morgan fingerprint density at radius 2 is 1.82 bits per heavy atom. The number of ketones is 1. The number of anilines is 1. The zero-order valence-corrected chi connectivity index (χ0v) is 12.5. The molecule has 0 aliphatic heterocycles. The summed E-state index contributed by atoms with van der Waals surface area (Å²) in [6, 6.07) is 10.8. The molecule has 1 N–H and O–H groups in total. The van der Waals surface area contributed by atoms with E-state index in [2.05, 4.69) is 5.32 Å². The third kappa shape index (κ3) is 4.27. The Hall–Kier alpha value is -2.46. The first kappa shape index (κ1) is 15.9. The molecule has 2 aromatic carbocycles. The average Bonchev–Trinajstić information content (AvgIpc) is 2.49. The number of carbonyl (C=O) groups excluding carboxylic acids is 2. The molecule has 0 heterocycles. The average molecular weight is 318 g/mol. The fourth-order valence-corrected chi connectivity index (χ4v) is 1.95. The number of hydrogen-bond donors (Lipinski definition) is 1. The summed E-state index contributed by atoms with van der Waals surface area (Å²) >= 11 is 5.66. The zero-order valence-electron chi connectivity index (χ0n) is 11.8. The minimum absolute atomic E-state index is 0.00220. The van der Waals surface area contributed by atoms with Gasteiger partial charge >= 0.3 is 0 Å². The van der Waals surface area contributed by atoms with Gasteiger partial charge in [-0.05, 0) is 55.0 Å². The van der Waals surface area contributed by atoms with Crippen molar-refractivity contribution in [2.45, 2.75) is 6.92 Å². The van der Waals surface area contributed by atoms with Crippen molar-refractivity contribution in [1.29, 1.82) is 0 Å². The molecular weight excluding hydrogens is 305 g/mol. The molecule has 0 radical (unpaired) electrons. The smallest absolute Gasteiger partial charge is 0.248 e. The summed E-state index contributed by atoms with van der Waals surface area (Å²) in [5.41, 5.74) is 1.78. The molecule has 112 valence electrons. The van der Waals surface area contributed by atoms with Gasteiger partial charge in [-0.25, -0.2) is 4.39 Å². The van der Waals surface area contributed by atoms with Crippen molar-refractivity contribution in [3.05, 3.63) is 70.5 Å². The van der Waals surface area contributed by atoms with E-state index in [1.165, 1.54) is 37.3 Å². The number of amides is 1. The fraction of sp³-hybridized carbons (Fsp3) is 0.0588. The maximum absolute atomic E-state index is 13.0. The second-order valence-corrected chi connectivity index (χ2v) is 5.04. The minimum Gasteiger partial charge on any atom is -0.323 e. The Kier molecular flexibility index (Phi) is 5.07. The van der Waals surface area contributed by atoms with Crippen molar-refractivity contribution < 1.29 is 14.0 Å². The number of Topliss-reactive ketones (excluding diaryl/α,β-unsaturated/α-hetero) is 1. The van der Waals surface area contributed by atoms with Crippen LogP contribution in [0.3, 0.4) is 0 Å². The van der Waals surface area contributed by atoms with E-state index in [9.17, 15) is 14.0 Å². The lowest BCUT2D eigenvalue weighted by Crippen LogP contribution is -2.07. The molecule has 0 unspecified atom stereocenters. The van der Waals surface area contributed by atoms with Gasteiger partial charge in [0.05, 0.1) is 5.02 Å². The lowest BCUT2D eigenvalue weighted by Gasteiger charge is -2.03. The summed E-state index contributed by atoms with van der Waals surface area (Å²) in [5.74, 6) is -0.879. The molecule has 0 spiro atoms. The predicted molar refractivity (Wildman–Crippen MR) is 85.5 cm³/mol. The number of benzene rings is 2. The number of hydrogen-bond acceptors (Lipinski definition) is 2. The van der Waals surface area contributed by atoms with Crippen molar-refractivity contribution in [3.8, 4) is 0 Å². The lowest BCUT2D eigenvalue weighted by atomic mass is 10.1. The van der Waals surface area contributed by atoms with Crippen LogP contribution in [0.25, 0.3) is 6.08 Å². The van der Waals surface area contributed by atoms with Gasteiger partial charge < -0.3 is 5.32 Å². The summed E-state index contributed by atoms with van der Waals surface area (Å²) in [4.78, 5) is 22.9. The quantitative estimate of drug-likeness (QED) is 0.673. The van der Waals surface area contributed by atoms with Crippen LogP contribution in [0.2, 0.25) is 5.02 Å². The fourth-order valence-electron chi connectivity index (χ4n) is 1.76. The number of halogens is 2. The summed E-state index contributed by atoms with van der Waals surface area (Å²) in [6.07, 6.45) is 2.85. The van der Waals surface area contributed by atoms with E-state index < -0.39 is 5.82 Å². The monoisotopic (exact) mass is 317 g/mol. The van der Waals surface area contributed by atoms with Crippen LogP contribution in [-0.2, 0) is 4.79 Å². The Bertz CT molecular complexity index is 739. The largest absolute Gasteiger partial charge is 0.323 e. The number of carbonyl (C=O) groups is 2. The number of rotatable bonds is 4. The molecular formula is C17H13ClFNO2. The van der Waals surface area contributed by atoms with Crippen molar-refractivity contribution >= 4 is 35.1 Å². The van der Waals surface area contributed by atoms with Crippen LogP contribution in [0.4, 0.5) is 10.1 Å². The van der Waals surface area contributed by atoms with Crippen molar-refractivity contribution in [2.24, 2.45) is 0 Å². The van der Waals surface area contributed by atoms with Crippen molar-refractivity contribution in [2.75, 3.05) is 5.32 Å². The van der Waals surface area contributed by atoms with Gasteiger partial charge in [-0.1, -0.05) is 17.7 Å². The highest BCUT2D eigenvalue weighted by Gasteiger charge is 2.02. The van der Waals surface area contributed by atoms with Gasteiger partial charge in [-0.3, -0.25) is 9.59 Å². The van der Waals surface area contributed by atoms with Crippen LogP contribution in [0.1, 0.15) is 22.8 Å². The summed E-state index contributed by atoms with van der Waals surface area (Å²) in [7, 11) is 0. The molecule has 0 atom stereocenters. The summed E-state index contributed by atoms with van der Waals surface area (Å²) < 4.78 is 13.0. The highest BCUT2D eigenvalue weighted by atomic mass is 35.5. The van der Waals surface area contributed by atoms with Crippen LogP contribution >= 0.6 is 11.6 Å². The molecule has 0 aliphatic carbocycles. The molecule has 22 heavy (non-hydrogen) atoms. The Morgan fingerprint density at radius 3 is 2.41 bits per heavy atom. The maximum Gasteiger partial charge on any atom is 0.248 e. The minimum atomic E-state index is -0.506. The van der Waals surface area contributed by atoms with Gasteiger partial charge in [0, 0.05) is 17.3 Å². The summed E-state index contributed by atoms with van der Waals surface area (Å²) in [6.45, 7) is 1.48. The first-order chi connectivity index (χ1) is 10.5. The van der Waals surface area contributed by atoms with E-state index in [0.29, 0.717) is 16.8 Å². The second kappa shape index (κ2) is 7.00. The van der Waals surface area contributed by atoms with E-state index in [1.54, 1.807) is 24.3 Å². The van der Waals surface area contributed by atoms with Crippen LogP contribution in [0.5, 0.6) is 0 Å². The molecule has 3 nitrogen and oxygen atoms in total. The Labute approximate surface area is 132 Å². The molecule has 0 aromatic heterocycles. The van der Waals surface area contributed by atoms with Gasteiger partial charge in [0.15, 0.2) is 5.78 Å². The molecule has 0 fully saturated rings. The highest BCUT2D eigenvalue weighted by Crippen LogP contribution is 2.17. The summed E-state index contributed by atoms with van der Waals surface area (Å²) in [5, 5.41) is 2.66. The topological polar surface area (TPSA) is 46.2 Å². The van der Waals surface area contributed by atoms with Crippen LogP contribution in [-0.4, -0.2) is 11.7 Å². The molecule has 2 aromatic rings. The van der Waals surface area contributed by atoms with Crippen molar-refractivity contribution in [3.63, 3.8) is 0 Å². The van der Waals surface area contributed by atoms with Gasteiger partial charge in [0.25, 0.3) is 0 Å². The molecule has 5 heteroatoms. The van der Waals surface area contributed by atoms with E-state index in [4.69, 9.17) is 11.6 Å². The first-order valence-electron chi connectivity index (χ1n) is 6.51. The van der Waals surface area contributed by atoms with Gasteiger partial charge in [0.2, 0.25) is 5.91 Å². The lowest BCUT2D eigenvalue weighted by molar-refractivity contribution is -0.111.